The third kappa shape index (κ3) is 3.11. The first-order valence-electron chi connectivity index (χ1n) is 5.68. The predicted molar refractivity (Wildman–Crippen MR) is 72.6 cm³/mol. The van der Waals surface area contributed by atoms with E-state index < -0.39 is 0 Å². The van der Waals surface area contributed by atoms with Gasteiger partial charge in [-0.3, -0.25) is 0 Å². The number of nitriles is 1. The monoisotopic (exact) mass is 252 g/mol. The highest BCUT2D eigenvalue weighted by atomic mass is 16.5. The van der Waals surface area contributed by atoms with Gasteiger partial charge in [-0.2, -0.15) is 10.0 Å². The van der Waals surface area contributed by atoms with Gasteiger partial charge in [0.15, 0.2) is 6.21 Å². The maximum atomic E-state index is 11.9. The highest BCUT2D eigenvalue weighted by Gasteiger charge is 2.02. The number of benzene rings is 2. The minimum Gasteiger partial charge on any atom is -0.618 e. The minimum atomic E-state index is 0.481. The number of methoxy groups -OCH3 is 1. The summed E-state index contributed by atoms with van der Waals surface area (Å²) in [5.74, 6) is 0.743. The van der Waals surface area contributed by atoms with Crippen LogP contribution in [-0.4, -0.2) is 18.1 Å². The van der Waals surface area contributed by atoms with Crippen molar-refractivity contribution in [3.63, 3.8) is 0 Å². The maximum Gasteiger partial charge on any atom is 0.216 e. The molecule has 4 nitrogen and oxygen atoms in total. The summed E-state index contributed by atoms with van der Waals surface area (Å²) < 4.78 is 5.81. The minimum absolute atomic E-state index is 0.481. The molecule has 4 heteroatoms. The van der Waals surface area contributed by atoms with Gasteiger partial charge in [-0.15, -0.1) is 0 Å². The first-order chi connectivity index (χ1) is 9.22. The van der Waals surface area contributed by atoms with Crippen molar-refractivity contribution >= 4 is 11.9 Å². The SMILES string of the molecule is COc1ccc(C=[N+]([O-])c2ccc(C#N)cc2)cc1. The maximum absolute atomic E-state index is 11.9. The van der Waals surface area contributed by atoms with E-state index in [0.717, 1.165) is 16.1 Å². The van der Waals surface area contributed by atoms with Gasteiger partial charge >= 0.3 is 0 Å². The van der Waals surface area contributed by atoms with Gasteiger partial charge in [-0.1, -0.05) is 0 Å². The molecule has 0 N–H and O–H groups in total. The zero-order valence-electron chi connectivity index (χ0n) is 10.4. The molecule has 2 rings (SSSR count). The fourth-order valence-corrected chi connectivity index (χ4v) is 1.58. The molecule has 0 spiro atoms. The largest absolute Gasteiger partial charge is 0.618 e. The van der Waals surface area contributed by atoms with E-state index in [2.05, 4.69) is 0 Å². The van der Waals surface area contributed by atoms with Crippen LogP contribution in [-0.2, 0) is 0 Å². The predicted octanol–water partition coefficient (Wildman–Crippen LogP) is 2.83. The van der Waals surface area contributed by atoms with Gasteiger partial charge in [0.05, 0.1) is 18.7 Å². The van der Waals surface area contributed by atoms with Crippen molar-refractivity contribution in [1.82, 2.24) is 0 Å². The van der Waals surface area contributed by atoms with Crippen molar-refractivity contribution in [2.75, 3.05) is 7.11 Å². The lowest BCUT2D eigenvalue weighted by molar-refractivity contribution is -0.354. The quantitative estimate of drug-likeness (QED) is 0.365. The van der Waals surface area contributed by atoms with Crippen molar-refractivity contribution in [3.05, 3.63) is 64.9 Å². The van der Waals surface area contributed by atoms with Crippen LogP contribution in [0.15, 0.2) is 48.5 Å². The molecule has 0 bridgehead atoms. The van der Waals surface area contributed by atoms with Crippen molar-refractivity contribution in [1.29, 1.82) is 5.26 Å². The second kappa shape index (κ2) is 5.69. The van der Waals surface area contributed by atoms with Gasteiger partial charge in [0.25, 0.3) is 0 Å². The normalized spacial score (nSPS) is 10.8. The number of rotatable bonds is 3. The fraction of sp³-hybridized carbons (Fsp3) is 0.0667. The molecular formula is C15H12N2O2. The Bertz CT molecular complexity index is 623. The lowest BCUT2D eigenvalue weighted by Gasteiger charge is -2.03. The summed E-state index contributed by atoms with van der Waals surface area (Å²) in [6.07, 6.45) is 1.47. The highest BCUT2D eigenvalue weighted by Crippen LogP contribution is 2.13. The summed E-state index contributed by atoms with van der Waals surface area (Å²) >= 11 is 0. The van der Waals surface area contributed by atoms with Crippen LogP contribution in [0.25, 0.3) is 0 Å². The Balaban J connectivity index is 2.23. The number of nitrogens with zero attached hydrogens (tertiary/aromatic N) is 2. The first-order valence-corrected chi connectivity index (χ1v) is 5.68. The van der Waals surface area contributed by atoms with E-state index in [0.29, 0.717) is 11.3 Å². The summed E-state index contributed by atoms with van der Waals surface area (Å²) in [5, 5.41) is 20.6. The molecule has 0 aromatic heterocycles. The van der Waals surface area contributed by atoms with Gasteiger partial charge in [0.2, 0.25) is 5.69 Å². The summed E-state index contributed by atoms with van der Waals surface area (Å²) in [4.78, 5) is 0. The molecular weight excluding hydrogens is 240 g/mol. The Morgan fingerprint density at radius 2 is 1.74 bits per heavy atom. The first kappa shape index (κ1) is 12.7. The molecule has 0 heterocycles. The molecule has 0 unspecified atom stereocenters. The Morgan fingerprint density at radius 3 is 2.26 bits per heavy atom. The Hall–Kier alpha value is -2.80. The Morgan fingerprint density at radius 1 is 1.11 bits per heavy atom. The van der Waals surface area contributed by atoms with Gasteiger partial charge < -0.3 is 9.94 Å². The van der Waals surface area contributed by atoms with Gasteiger partial charge in [0.1, 0.15) is 5.75 Å². The summed E-state index contributed by atoms with van der Waals surface area (Å²) in [7, 11) is 1.59. The van der Waals surface area contributed by atoms with E-state index in [1.54, 1.807) is 55.6 Å². The molecule has 0 aliphatic rings. The van der Waals surface area contributed by atoms with Crippen LogP contribution in [0.4, 0.5) is 5.69 Å². The zero-order valence-corrected chi connectivity index (χ0v) is 10.4. The molecule has 94 valence electrons. The molecule has 0 saturated heterocycles. The van der Waals surface area contributed by atoms with Crippen molar-refractivity contribution in [2.24, 2.45) is 0 Å². The Kier molecular flexibility index (Phi) is 3.79. The topological polar surface area (TPSA) is 59.1 Å². The number of ether oxygens (including phenoxy) is 1. The van der Waals surface area contributed by atoms with Crippen LogP contribution in [0.3, 0.4) is 0 Å². The fourth-order valence-electron chi connectivity index (χ4n) is 1.58. The van der Waals surface area contributed by atoms with Crippen LogP contribution in [0.5, 0.6) is 5.75 Å². The molecule has 19 heavy (non-hydrogen) atoms. The molecule has 2 aromatic carbocycles. The number of hydrogen-bond acceptors (Lipinski definition) is 3. The molecule has 0 radical (unpaired) electrons. The molecule has 0 atom stereocenters. The molecule has 0 fully saturated rings. The molecule has 2 aromatic rings. The molecule has 0 amide bonds. The van der Waals surface area contributed by atoms with Crippen LogP contribution < -0.4 is 4.74 Å². The molecule has 0 saturated carbocycles. The third-order valence-electron chi connectivity index (χ3n) is 2.63. The lowest BCUT2D eigenvalue weighted by atomic mass is 10.2. The smallest absolute Gasteiger partial charge is 0.216 e. The van der Waals surface area contributed by atoms with Crippen LogP contribution >= 0.6 is 0 Å². The summed E-state index contributed by atoms with van der Waals surface area (Å²) in [6, 6.07) is 15.6. The van der Waals surface area contributed by atoms with Gasteiger partial charge in [-0.05, 0) is 36.4 Å². The van der Waals surface area contributed by atoms with Crippen molar-refractivity contribution < 1.29 is 9.48 Å². The Labute approximate surface area is 111 Å². The second-order valence-electron chi connectivity index (χ2n) is 3.89. The van der Waals surface area contributed by atoms with E-state index in [-0.39, 0.29) is 0 Å². The van der Waals surface area contributed by atoms with E-state index in [1.165, 1.54) is 6.21 Å². The number of hydrogen-bond donors (Lipinski definition) is 0. The molecule has 0 aliphatic heterocycles. The van der Waals surface area contributed by atoms with Crippen LogP contribution in [0.2, 0.25) is 0 Å². The summed E-state index contributed by atoms with van der Waals surface area (Å²) in [6.45, 7) is 0. The van der Waals surface area contributed by atoms with Crippen LogP contribution in [0.1, 0.15) is 11.1 Å². The average Bonchev–Trinajstić information content (AvgIpc) is 2.48. The molecule has 0 aliphatic carbocycles. The summed E-state index contributed by atoms with van der Waals surface area (Å²) in [5.41, 5.74) is 1.79. The zero-order chi connectivity index (χ0) is 13.7. The van der Waals surface area contributed by atoms with Crippen LogP contribution in [0, 0.1) is 16.5 Å². The second-order valence-corrected chi connectivity index (χ2v) is 3.89. The van der Waals surface area contributed by atoms with E-state index >= 15 is 0 Å². The van der Waals surface area contributed by atoms with E-state index in [1.807, 2.05) is 6.07 Å². The van der Waals surface area contributed by atoms with Gasteiger partial charge in [0, 0.05) is 17.7 Å². The standard InChI is InChI=1S/C15H12N2O2/c1-19-15-8-4-13(5-9-15)11-17(18)14-6-2-12(10-16)3-7-14/h2-9,11H,1H3. The lowest BCUT2D eigenvalue weighted by Crippen LogP contribution is -1.98. The third-order valence-corrected chi connectivity index (χ3v) is 2.63. The van der Waals surface area contributed by atoms with E-state index in [9.17, 15) is 5.21 Å². The van der Waals surface area contributed by atoms with Crippen molar-refractivity contribution in [3.8, 4) is 11.8 Å². The van der Waals surface area contributed by atoms with Gasteiger partial charge in [-0.25, -0.2) is 0 Å². The van der Waals surface area contributed by atoms with E-state index in [4.69, 9.17) is 10.00 Å². The average molecular weight is 252 g/mol. The highest BCUT2D eigenvalue weighted by molar-refractivity contribution is 5.76. The van der Waals surface area contributed by atoms with Crippen molar-refractivity contribution in [2.45, 2.75) is 0 Å².